The molecule has 10 N–H and O–H groups in total. The number of benzene rings is 3. The fourth-order valence-electron chi connectivity index (χ4n) is 6.98. The second-order valence-corrected chi connectivity index (χ2v) is 17.6. The van der Waals surface area contributed by atoms with Crippen LogP contribution >= 0.6 is 21.6 Å². The van der Waals surface area contributed by atoms with Crippen molar-refractivity contribution >= 4 is 51.1 Å². The number of likely N-dealkylation sites (N-methyl/N-ethyl adjacent to an activating group) is 1. The molecule has 344 valence electrons. The van der Waals surface area contributed by atoms with Crippen LogP contribution in [0.2, 0.25) is 0 Å². The van der Waals surface area contributed by atoms with Crippen LogP contribution in [0.1, 0.15) is 53.5 Å². The summed E-state index contributed by atoms with van der Waals surface area (Å²) in [6.45, 7) is 5.57. The van der Waals surface area contributed by atoms with E-state index in [1.807, 2.05) is 30.3 Å². The van der Waals surface area contributed by atoms with Crippen LogP contribution in [0.5, 0.6) is 11.5 Å². The predicted octanol–water partition coefficient (Wildman–Crippen LogP) is 2.39. The standard InChI is InChI=1S/C45H55N11O7S2/c1-5-64-65-31-10-7-29(8-11-31)40-51-25-34(26(2)52-40)42(58)54-35(14-15-46)45(61)56(4)39-30-9-13-38(63-21-18-49)33(24-30)32-22-28(6-12-37(32)62-20-17-48)23-36(43(59)50-19-16-47)55-41(57)27(3)53-44(39)60/h6-13,22,24-25,27,35-36,39H,5,14-15,17-21,23,46,48-49H2,1-4H3,(H,50,59)(H,53,60)(H,54,58)(H,55,57)/t27-,35-,36-,39-/m0/s1. The van der Waals surface area contributed by atoms with E-state index in [2.05, 4.69) is 38.2 Å². The van der Waals surface area contributed by atoms with Crippen LogP contribution in [0.4, 0.5) is 0 Å². The minimum Gasteiger partial charge on any atom is -0.492 e. The molecule has 1 aliphatic rings. The highest BCUT2D eigenvalue weighted by atomic mass is 33.1. The number of ether oxygens (including phenoxy) is 2. The summed E-state index contributed by atoms with van der Waals surface area (Å²) in [5.74, 6) is -1.19. The van der Waals surface area contributed by atoms with Gasteiger partial charge in [0.1, 0.15) is 55.4 Å². The summed E-state index contributed by atoms with van der Waals surface area (Å²) in [5, 5.41) is 19.9. The highest BCUT2D eigenvalue weighted by Crippen LogP contribution is 2.40. The Balaban J connectivity index is 1.54. The quantitative estimate of drug-likeness (QED) is 0.0557. The zero-order valence-electron chi connectivity index (χ0n) is 36.7. The number of fused-ring (bicyclic) bond motifs is 5. The smallest absolute Gasteiger partial charge is 0.255 e. The Labute approximate surface area is 385 Å². The van der Waals surface area contributed by atoms with Crippen LogP contribution in [0, 0.1) is 18.3 Å². The van der Waals surface area contributed by atoms with Gasteiger partial charge in [0.15, 0.2) is 5.82 Å². The van der Waals surface area contributed by atoms with E-state index in [4.69, 9.17) is 31.9 Å². The minimum absolute atomic E-state index is 0.000411. The number of nitrogens with one attached hydrogen (secondary N) is 4. The van der Waals surface area contributed by atoms with Crippen molar-refractivity contribution in [1.82, 2.24) is 36.1 Å². The van der Waals surface area contributed by atoms with Gasteiger partial charge in [-0.1, -0.05) is 52.8 Å². The van der Waals surface area contributed by atoms with Crippen molar-refractivity contribution in [2.45, 2.75) is 62.7 Å². The molecule has 0 saturated heterocycles. The number of nitriles is 1. The topological polar surface area (TPSA) is 283 Å². The van der Waals surface area contributed by atoms with Gasteiger partial charge in [-0.05, 0) is 74.3 Å². The SMILES string of the molecule is CCSSc1ccc(-c2ncc(C(=O)N[C@@H](CCN)C(=O)N(C)[C@@H]3C(=O)N[C@@H](C)C(=O)N[C@H](C(=O)NCC#N)Cc4ccc(OCCN)c(c4)-c4cc3ccc4OCCN)c(C)n2)cc1. The molecule has 18 nitrogen and oxygen atoms in total. The second kappa shape index (κ2) is 24.2. The van der Waals surface area contributed by atoms with Crippen LogP contribution in [0.25, 0.3) is 22.5 Å². The number of carbonyl (C=O) groups excluding carboxylic acids is 5. The van der Waals surface area contributed by atoms with Crippen molar-refractivity contribution in [3.05, 3.63) is 89.2 Å². The molecule has 1 aliphatic heterocycles. The van der Waals surface area contributed by atoms with Gasteiger partial charge in [-0.3, -0.25) is 24.0 Å². The third-order valence-electron chi connectivity index (χ3n) is 10.2. The summed E-state index contributed by atoms with van der Waals surface area (Å²) in [7, 11) is 4.82. The number of hydrogen-bond donors (Lipinski definition) is 7. The van der Waals surface area contributed by atoms with Gasteiger partial charge >= 0.3 is 0 Å². The monoisotopic (exact) mass is 925 g/mol. The predicted molar refractivity (Wildman–Crippen MR) is 249 cm³/mol. The van der Waals surface area contributed by atoms with Crippen LogP contribution in [0.3, 0.4) is 0 Å². The fourth-order valence-corrected chi connectivity index (χ4v) is 8.58. The van der Waals surface area contributed by atoms with Crippen molar-refractivity contribution in [3.8, 4) is 40.1 Å². The number of aryl methyl sites for hydroxylation is 1. The first-order chi connectivity index (χ1) is 31.3. The number of hydrogen-bond acceptors (Lipinski definition) is 15. The lowest BCUT2D eigenvalue weighted by Crippen LogP contribution is -2.56. The van der Waals surface area contributed by atoms with Gasteiger partial charge in [0.25, 0.3) is 5.91 Å². The average Bonchev–Trinajstić information content (AvgIpc) is 3.30. The molecule has 0 radical (unpaired) electrons. The summed E-state index contributed by atoms with van der Waals surface area (Å²) in [5.41, 5.74) is 20.8. The van der Waals surface area contributed by atoms with E-state index >= 15 is 0 Å². The second-order valence-electron chi connectivity index (χ2n) is 14.9. The third-order valence-corrected chi connectivity index (χ3v) is 12.7. The van der Waals surface area contributed by atoms with Crippen molar-refractivity contribution in [2.24, 2.45) is 17.2 Å². The molecule has 65 heavy (non-hydrogen) atoms. The third kappa shape index (κ3) is 13.0. The molecule has 2 heterocycles. The number of nitrogens with two attached hydrogens (primary N) is 3. The number of nitrogens with zero attached hydrogens (tertiary/aromatic N) is 4. The van der Waals surface area contributed by atoms with Gasteiger partial charge in [-0.2, -0.15) is 5.26 Å². The first kappa shape index (κ1) is 49.8. The van der Waals surface area contributed by atoms with E-state index in [0.29, 0.717) is 45.3 Å². The van der Waals surface area contributed by atoms with E-state index in [-0.39, 0.29) is 57.8 Å². The Morgan fingerprint density at radius 1 is 0.954 bits per heavy atom. The lowest BCUT2D eigenvalue weighted by atomic mass is 9.93. The largest absolute Gasteiger partial charge is 0.492 e. The van der Waals surface area contributed by atoms with Gasteiger partial charge in [0, 0.05) is 60.1 Å². The first-order valence-corrected chi connectivity index (χ1v) is 23.3. The highest BCUT2D eigenvalue weighted by molar-refractivity contribution is 8.76. The fraction of sp³-hybridized carbons (Fsp3) is 0.378. The Morgan fingerprint density at radius 2 is 1.63 bits per heavy atom. The van der Waals surface area contributed by atoms with E-state index in [9.17, 15) is 24.0 Å². The molecular formula is C45H55N11O7S2. The van der Waals surface area contributed by atoms with Gasteiger partial charge in [-0.25, -0.2) is 9.97 Å². The number of aromatic nitrogens is 2. The molecule has 0 spiro atoms. The van der Waals surface area contributed by atoms with Crippen molar-refractivity contribution in [3.63, 3.8) is 0 Å². The Hall–Kier alpha value is -6.24. The van der Waals surface area contributed by atoms with E-state index < -0.39 is 53.7 Å². The van der Waals surface area contributed by atoms with Crippen LogP contribution in [-0.4, -0.2) is 115 Å². The summed E-state index contributed by atoms with van der Waals surface area (Å²) in [6, 6.07) is 14.8. The minimum atomic E-state index is -1.40. The van der Waals surface area contributed by atoms with Gasteiger partial charge in [-0.15, -0.1) is 0 Å². The first-order valence-electron chi connectivity index (χ1n) is 21.0. The lowest BCUT2D eigenvalue weighted by molar-refractivity contribution is -0.141. The lowest BCUT2D eigenvalue weighted by Gasteiger charge is -2.32. The maximum Gasteiger partial charge on any atom is 0.255 e. The van der Waals surface area contributed by atoms with E-state index in [0.717, 1.165) is 16.2 Å². The highest BCUT2D eigenvalue weighted by Gasteiger charge is 2.36. The molecule has 5 amide bonds. The molecule has 0 saturated carbocycles. The molecule has 0 fully saturated rings. The Morgan fingerprint density at radius 3 is 2.26 bits per heavy atom. The average molecular weight is 926 g/mol. The summed E-state index contributed by atoms with van der Waals surface area (Å²) in [6.07, 6.45) is 1.41. The van der Waals surface area contributed by atoms with Crippen molar-refractivity contribution in [1.29, 1.82) is 5.26 Å². The molecule has 20 heteroatoms. The summed E-state index contributed by atoms with van der Waals surface area (Å²) >= 11 is 0. The zero-order chi connectivity index (χ0) is 47.0. The molecular weight excluding hydrogens is 871 g/mol. The van der Waals surface area contributed by atoms with E-state index in [1.54, 1.807) is 64.9 Å². The summed E-state index contributed by atoms with van der Waals surface area (Å²) in [4.78, 5) is 81.4. The molecule has 4 bridgehead atoms. The van der Waals surface area contributed by atoms with Crippen LogP contribution < -0.4 is 47.9 Å². The van der Waals surface area contributed by atoms with Crippen molar-refractivity contribution in [2.75, 3.05) is 52.2 Å². The molecule has 4 atom stereocenters. The van der Waals surface area contributed by atoms with Gasteiger partial charge in [0.2, 0.25) is 23.6 Å². The Bertz CT molecular complexity index is 2380. The molecule has 1 aromatic heterocycles. The van der Waals surface area contributed by atoms with Crippen LogP contribution in [-0.2, 0) is 25.6 Å². The molecule has 3 aromatic carbocycles. The number of carbonyl (C=O) groups is 5. The molecule has 4 aromatic rings. The van der Waals surface area contributed by atoms with E-state index in [1.165, 1.54) is 25.1 Å². The maximum absolute atomic E-state index is 14.6. The summed E-state index contributed by atoms with van der Waals surface area (Å²) < 4.78 is 12.2. The Kier molecular flexibility index (Phi) is 18.5. The molecule has 5 rings (SSSR count). The normalized spacial score (nSPS) is 16.4. The van der Waals surface area contributed by atoms with Gasteiger partial charge in [0.05, 0.1) is 17.3 Å². The maximum atomic E-state index is 14.6. The van der Waals surface area contributed by atoms with Crippen molar-refractivity contribution < 1.29 is 33.4 Å². The molecule has 0 aliphatic carbocycles. The zero-order valence-corrected chi connectivity index (χ0v) is 38.4. The van der Waals surface area contributed by atoms with Gasteiger partial charge < -0.3 is 52.8 Å². The molecule has 0 unspecified atom stereocenters. The number of rotatable bonds is 18. The van der Waals surface area contributed by atoms with Crippen LogP contribution in [0.15, 0.2) is 71.8 Å². The number of amides is 5.